The lowest BCUT2D eigenvalue weighted by atomic mass is 9.75. The third kappa shape index (κ3) is 7.76. The first-order valence-corrected chi connectivity index (χ1v) is 10.6. The summed E-state index contributed by atoms with van der Waals surface area (Å²) in [7, 11) is 0. The van der Waals surface area contributed by atoms with E-state index in [1.807, 2.05) is 0 Å². The molecule has 0 spiro atoms. The monoisotopic (exact) mass is 345 g/mol. The van der Waals surface area contributed by atoms with E-state index in [9.17, 15) is 4.39 Å². The Bertz CT molecular complexity index is 457. The lowest BCUT2D eigenvalue weighted by Crippen LogP contribution is -2.17. The van der Waals surface area contributed by atoms with Gasteiger partial charge in [-0.15, -0.1) is 0 Å². The number of hydrogen-bond acceptors (Lipinski definition) is 1. The second-order valence-corrected chi connectivity index (χ2v) is 8.40. The molecule has 0 N–H and O–H groups in total. The number of rotatable bonds is 8. The van der Waals surface area contributed by atoms with Crippen molar-refractivity contribution in [3.63, 3.8) is 0 Å². The van der Waals surface area contributed by atoms with Crippen LogP contribution in [0.5, 0.6) is 0 Å². The summed E-state index contributed by atoms with van der Waals surface area (Å²) in [4.78, 5) is 0. The lowest BCUT2D eigenvalue weighted by molar-refractivity contribution is 0.220. The van der Waals surface area contributed by atoms with Crippen molar-refractivity contribution in [3.05, 3.63) is 24.1 Å². The van der Waals surface area contributed by atoms with Gasteiger partial charge in [0.15, 0.2) is 5.83 Å². The minimum Gasteiger partial charge on any atom is -0.195 e. The largest absolute Gasteiger partial charge is 0.199 e. The van der Waals surface area contributed by atoms with E-state index >= 15 is 0 Å². The Morgan fingerprint density at radius 1 is 0.920 bits per heavy atom. The minimum absolute atomic E-state index is 0.577. The Balaban J connectivity index is 1.58. The van der Waals surface area contributed by atoms with E-state index in [0.717, 1.165) is 17.8 Å². The Kier molecular flexibility index (Phi) is 9.30. The van der Waals surface area contributed by atoms with Crippen LogP contribution in [-0.4, -0.2) is 0 Å². The number of halogens is 1. The molecule has 2 heteroatoms. The van der Waals surface area contributed by atoms with Crippen LogP contribution in [0.25, 0.3) is 0 Å². The van der Waals surface area contributed by atoms with Gasteiger partial charge in [-0.25, -0.2) is 0 Å². The standard InChI is InChI=1S/C23H36FN/c1-2-3-5-19-8-12-21(13-9-19)16-17-22-14-10-20(11-15-22)6-4-7-23(24)18-25/h4,6-7,19-22H,2-3,5,8-17H2,1H3/b6-4+,23-7-. The predicted octanol–water partition coefficient (Wildman–Crippen LogP) is 7.50. The molecule has 2 saturated carbocycles. The zero-order valence-corrected chi connectivity index (χ0v) is 16.1. The summed E-state index contributed by atoms with van der Waals surface area (Å²) in [5, 5.41) is 8.40. The molecule has 2 aliphatic rings. The van der Waals surface area contributed by atoms with E-state index in [1.165, 1.54) is 95.6 Å². The van der Waals surface area contributed by atoms with Crippen LogP contribution in [0.1, 0.15) is 90.4 Å². The molecule has 0 atom stereocenters. The Hall–Kier alpha value is -1.10. The Labute approximate surface area is 154 Å². The number of allylic oxidation sites excluding steroid dienone is 4. The number of nitrogens with zero attached hydrogens (tertiary/aromatic N) is 1. The molecule has 0 aromatic rings. The first-order valence-electron chi connectivity index (χ1n) is 10.6. The molecule has 0 radical (unpaired) electrons. The van der Waals surface area contributed by atoms with E-state index in [2.05, 4.69) is 13.0 Å². The van der Waals surface area contributed by atoms with E-state index in [-0.39, 0.29) is 0 Å². The van der Waals surface area contributed by atoms with Gasteiger partial charge in [0.1, 0.15) is 6.07 Å². The van der Waals surface area contributed by atoms with Gasteiger partial charge in [-0.1, -0.05) is 76.9 Å². The molecule has 2 fully saturated rings. The summed E-state index contributed by atoms with van der Waals surface area (Å²) in [6.45, 7) is 2.30. The third-order valence-electron chi connectivity index (χ3n) is 6.54. The molecule has 0 heterocycles. The zero-order chi connectivity index (χ0) is 17.9. The fourth-order valence-electron chi connectivity index (χ4n) is 4.78. The highest BCUT2D eigenvalue weighted by Gasteiger charge is 2.23. The van der Waals surface area contributed by atoms with Crippen LogP contribution in [-0.2, 0) is 0 Å². The first kappa shape index (κ1) is 20.2. The van der Waals surface area contributed by atoms with Crippen LogP contribution in [0.2, 0.25) is 0 Å². The van der Waals surface area contributed by atoms with Gasteiger partial charge in [-0.2, -0.15) is 9.65 Å². The normalized spacial score (nSPS) is 31.2. The van der Waals surface area contributed by atoms with Crippen LogP contribution in [0.3, 0.4) is 0 Å². The predicted molar refractivity (Wildman–Crippen MR) is 104 cm³/mol. The first-order chi connectivity index (χ1) is 12.2. The van der Waals surface area contributed by atoms with Crippen molar-refractivity contribution >= 4 is 0 Å². The molecule has 2 aliphatic carbocycles. The lowest BCUT2D eigenvalue weighted by Gasteiger charge is -2.31. The molecular formula is C23H36FN. The summed E-state index contributed by atoms with van der Waals surface area (Å²) in [5.41, 5.74) is 0. The maximum atomic E-state index is 12.8. The molecular weight excluding hydrogens is 309 g/mol. The van der Waals surface area contributed by atoms with Crippen molar-refractivity contribution in [2.45, 2.75) is 90.4 Å². The van der Waals surface area contributed by atoms with Gasteiger partial charge in [0.05, 0.1) is 0 Å². The highest BCUT2D eigenvalue weighted by molar-refractivity contribution is 5.19. The smallest absolute Gasteiger partial charge is 0.195 e. The Morgan fingerprint density at radius 3 is 1.96 bits per heavy atom. The zero-order valence-electron chi connectivity index (χ0n) is 16.1. The summed E-state index contributed by atoms with van der Waals surface area (Å²) < 4.78 is 12.8. The molecule has 25 heavy (non-hydrogen) atoms. The van der Waals surface area contributed by atoms with Crippen LogP contribution in [0, 0.1) is 35.0 Å². The average Bonchev–Trinajstić information content (AvgIpc) is 2.66. The van der Waals surface area contributed by atoms with E-state index < -0.39 is 5.83 Å². The van der Waals surface area contributed by atoms with Crippen LogP contribution in [0.15, 0.2) is 24.1 Å². The van der Waals surface area contributed by atoms with Crippen molar-refractivity contribution < 1.29 is 4.39 Å². The molecule has 0 unspecified atom stereocenters. The minimum atomic E-state index is -0.700. The maximum Gasteiger partial charge on any atom is 0.199 e. The summed E-state index contributed by atoms with van der Waals surface area (Å²) in [6.07, 6.45) is 23.2. The van der Waals surface area contributed by atoms with Crippen molar-refractivity contribution in [2.75, 3.05) is 0 Å². The molecule has 0 aromatic carbocycles. The second-order valence-electron chi connectivity index (χ2n) is 8.40. The van der Waals surface area contributed by atoms with Crippen molar-refractivity contribution in [1.29, 1.82) is 5.26 Å². The molecule has 1 nitrogen and oxygen atoms in total. The SMILES string of the molecule is CCCCC1CCC(CCC2CCC(/C=C/C=C(\F)C#N)CC2)CC1. The highest BCUT2D eigenvalue weighted by Crippen LogP contribution is 2.37. The van der Waals surface area contributed by atoms with Gasteiger partial charge in [-0.05, 0) is 55.4 Å². The van der Waals surface area contributed by atoms with Gasteiger partial charge in [-0.3, -0.25) is 0 Å². The number of unbranched alkanes of at least 4 members (excludes halogenated alkanes) is 1. The van der Waals surface area contributed by atoms with Crippen molar-refractivity contribution in [3.8, 4) is 6.07 Å². The molecule has 0 bridgehead atoms. The number of nitriles is 1. The van der Waals surface area contributed by atoms with Gasteiger partial charge in [0.2, 0.25) is 0 Å². The van der Waals surface area contributed by atoms with Gasteiger partial charge >= 0.3 is 0 Å². The van der Waals surface area contributed by atoms with Crippen LogP contribution in [0.4, 0.5) is 4.39 Å². The van der Waals surface area contributed by atoms with E-state index in [4.69, 9.17) is 5.26 Å². The maximum absolute atomic E-state index is 12.8. The molecule has 2 rings (SSSR count). The molecule has 140 valence electrons. The quantitative estimate of drug-likeness (QED) is 0.330. The average molecular weight is 346 g/mol. The van der Waals surface area contributed by atoms with Crippen LogP contribution >= 0.6 is 0 Å². The molecule has 0 amide bonds. The molecule has 0 saturated heterocycles. The van der Waals surface area contributed by atoms with Gasteiger partial charge < -0.3 is 0 Å². The summed E-state index contributed by atoms with van der Waals surface area (Å²) >= 11 is 0. The van der Waals surface area contributed by atoms with Crippen molar-refractivity contribution in [2.24, 2.45) is 23.7 Å². The highest BCUT2D eigenvalue weighted by atomic mass is 19.1. The second kappa shape index (κ2) is 11.5. The van der Waals surface area contributed by atoms with Gasteiger partial charge in [0, 0.05) is 0 Å². The van der Waals surface area contributed by atoms with E-state index in [1.54, 1.807) is 6.08 Å². The van der Waals surface area contributed by atoms with Crippen molar-refractivity contribution in [1.82, 2.24) is 0 Å². The van der Waals surface area contributed by atoms with Gasteiger partial charge in [0.25, 0.3) is 0 Å². The topological polar surface area (TPSA) is 23.8 Å². The number of hydrogen-bond donors (Lipinski definition) is 0. The summed E-state index contributed by atoms with van der Waals surface area (Å²) in [6, 6.07) is 1.51. The summed E-state index contributed by atoms with van der Waals surface area (Å²) in [5.74, 6) is 2.81. The third-order valence-corrected chi connectivity index (χ3v) is 6.54. The fraction of sp³-hybridized carbons (Fsp3) is 0.783. The Morgan fingerprint density at radius 2 is 1.44 bits per heavy atom. The van der Waals surface area contributed by atoms with Crippen LogP contribution < -0.4 is 0 Å². The fourth-order valence-corrected chi connectivity index (χ4v) is 4.78. The molecule has 0 aromatic heterocycles. The molecule has 0 aliphatic heterocycles. The van der Waals surface area contributed by atoms with E-state index in [0.29, 0.717) is 5.92 Å².